The Kier molecular flexibility index (Phi) is 8.88. The van der Waals surface area contributed by atoms with Crippen molar-refractivity contribution in [1.82, 2.24) is 10.3 Å². The molecule has 172 valence electrons. The second-order valence-electron chi connectivity index (χ2n) is 7.34. The Morgan fingerprint density at radius 2 is 1.52 bits per heavy atom. The number of hydrogen-bond donors (Lipinski definition) is 2. The molecule has 0 aliphatic rings. The van der Waals surface area contributed by atoms with Crippen LogP contribution in [0.2, 0.25) is 0 Å². The van der Waals surface area contributed by atoms with Crippen molar-refractivity contribution in [3.8, 4) is 11.3 Å². The van der Waals surface area contributed by atoms with E-state index in [-0.39, 0.29) is 23.4 Å². The van der Waals surface area contributed by atoms with Gasteiger partial charge in [0.1, 0.15) is 0 Å². The van der Waals surface area contributed by atoms with Crippen LogP contribution in [0.5, 0.6) is 0 Å². The molecule has 1 aromatic heterocycles. The Morgan fingerprint density at radius 3 is 2.10 bits per heavy atom. The molecule has 9 heteroatoms. The third kappa shape index (κ3) is 7.50. The maximum Gasteiger partial charge on any atom is 0.433 e. The van der Waals surface area contributed by atoms with Crippen LogP contribution in [0.4, 0.5) is 26.3 Å². The van der Waals surface area contributed by atoms with E-state index in [1.165, 1.54) is 6.07 Å². The molecule has 0 aliphatic carbocycles. The molecule has 0 spiro atoms. The molecule has 1 atom stereocenters. The smallest absolute Gasteiger partial charge is 0.387 e. The van der Waals surface area contributed by atoms with Gasteiger partial charge >= 0.3 is 12.4 Å². The second kappa shape index (κ2) is 10.9. The first-order valence-corrected chi connectivity index (χ1v) is 10.2. The van der Waals surface area contributed by atoms with Crippen molar-refractivity contribution in [2.45, 2.75) is 57.5 Å². The van der Waals surface area contributed by atoms with Crippen LogP contribution in [-0.2, 0) is 12.4 Å². The van der Waals surface area contributed by atoms with E-state index in [0.29, 0.717) is 6.54 Å². The highest BCUT2D eigenvalue weighted by molar-refractivity contribution is 5.60. The standard InChI is InChI=1S/C22H26F6N2O/c1-2-3-4-5-6-13-29-14-19(31)17-11-12-18(30-20(17)22(26,27)28)15-7-9-16(10-8-15)21(23,24)25/h7-12,19,29,31H,2-6,13-14H2,1H3/t19-/m0/s1. The van der Waals surface area contributed by atoms with Crippen molar-refractivity contribution in [3.05, 3.63) is 53.2 Å². The molecule has 0 saturated heterocycles. The van der Waals surface area contributed by atoms with Gasteiger partial charge in [-0.15, -0.1) is 0 Å². The lowest BCUT2D eigenvalue weighted by Crippen LogP contribution is -2.25. The average Bonchev–Trinajstić information content (AvgIpc) is 2.71. The van der Waals surface area contributed by atoms with Crippen LogP contribution in [0.25, 0.3) is 11.3 Å². The van der Waals surface area contributed by atoms with Crippen LogP contribution >= 0.6 is 0 Å². The zero-order valence-electron chi connectivity index (χ0n) is 17.2. The summed E-state index contributed by atoms with van der Waals surface area (Å²) in [5, 5.41) is 13.2. The number of aliphatic hydroxyl groups is 1. The van der Waals surface area contributed by atoms with Gasteiger partial charge in [0, 0.05) is 17.7 Å². The van der Waals surface area contributed by atoms with E-state index in [2.05, 4.69) is 17.2 Å². The topological polar surface area (TPSA) is 45.1 Å². The lowest BCUT2D eigenvalue weighted by molar-refractivity contribution is -0.142. The molecule has 2 aromatic rings. The number of aliphatic hydroxyl groups excluding tert-OH is 1. The Morgan fingerprint density at radius 1 is 0.871 bits per heavy atom. The summed E-state index contributed by atoms with van der Waals surface area (Å²) in [6.45, 7) is 2.63. The van der Waals surface area contributed by atoms with Gasteiger partial charge in [-0.3, -0.25) is 0 Å². The van der Waals surface area contributed by atoms with Crippen molar-refractivity contribution in [2.24, 2.45) is 0 Å². The fraction of sp³-hybridized carbons (Fsp3) is 0.500. The second-order valence-corrected chi connectivity index (χ2v) is 7.34. The van der Waals surface area contributed by atoms with E-state index < -0.39 is 29.7 Å². The quantitative estimate of drug-likeness (QED) is 0.328. The minimum absolute atomic E-state index is 0.0574. The number of unbranched alkanes of at least 4 members (excludes halogenated alkanes) is 4. The SMILES string of the molecule is CCCCCCCNC[C@H](O)c1ccc(-c2ccc(C(F)(F)F)cc2)nc1C(F)(F)F. The van der Waals surface area contributed by atoms with Gasteiger partial charge in [-0.05, 0) is 31.2 Å². The molecule has 1 aromatic carbocycles. The molecular formula is C22H26F6N2O. The maximum atomic E-state index is 13.5. The van der Waals surface area contributed by atoms with E-state index >= 15 is 0 Å². The average molecular weight is 448 g/mol. The van der Waals surface area contributed by atoms with Gasteiger partial charge < -0.3 is 10.4 Å². The number of hydrogen-bond acceptors (Lipinski definition) is 3. The first-order chi connectivity index (χ1) is 14.5. The van der Waals surface area contributed by atoms with Gasteiger partial charge in [-0.1, -0.05) is 50.8 Å². The van der Waals surface area contributed by atoms with Crippen LogP contribution in [0.3, 0.4) is 0 Å². The molecule has 0 fully saturated rings. The molecule has 2 N–H and O–H groups in total. The van der Waals surface area contributed by atoms with E-state index in [1.54, 1.807) is 0 Å². The molecule has 31 heavy (non-hydrogen) atoms. The largest absolute Gasteiger partial charge is 0.433 e. The summed E-state index contributed by atoms with van der Waals surface area (Å²) in [5.74, 6) is 0. The Hall–Kier alpha value is -2.13. The van der Waals surface area contributed by atoms with Crippen LogP contribution in [-0.4, -0.2) is 23.2 Å². The Balaban J connectivity index is 2.13. The molecule has 3 nitrogen and oxygen atoms in total. The zero-order valence-corrected chi connectivity index (χ0v) is 17.2. The molecule has 0 bridgehead atoms. The van der Waals surface area contributed by atoms with Crippen molar-refractivity contribution in [1.29, 1.82) is 0 Å². The summed E-state index contributed by atoms with van der Waals surface area (Å²) >= 11 is 0. The normalized spacial score (nSPS) is 13.4. The van der Waals surface area contributed by atoms with E-state index in [9.17, 15) is 31.4 Å². The lowest BCUT2D eigenvalue weighted by Gasteiger charge is -2.18. The van der Waals surface area contributed by atoms with Gasteiger partial charge in [-0.2, -0.15) is 26.3 Å². The van der Waals surface area contributed by atoms with Crippen molar-refractivity contribution in [3.63, 3.8) is 0 Å². The molecule has 0 unspecified atom stereocenters. The summed E-state index contributed by atoms with van der Waals surface area (Å²) in [7, 11) is 0. The first-order valence-electron chi connectivity index (χ1n) is 10.2. The zero-order chi connectivity index (χ0) is 23.1. The summed E-state index contributed by atoms with van der Waals surface area (Å²) in [5.41, 5.74) is -2.53. The van der Waals surface area contributed by atoms with Crippen molar-refractivity contribution < 1.29 is 31.4 Å². The molecule has 0 radical (unpaired) electrons. The molecule has 0 saturated carbocycles. The third-order valence-corrected chi connectivity index (χ3v) is 4.86. The summed E-state index contributed by atoms with van der Waals surface area (Å²) in [4.78, 5) is 3.61. The number of halogens is 6. The number of aromatic nitrogens is 1. The number of nitrogens with one attached hydrogen (secondary N) is 1. The Labute approximate surface area is 177 Å². The molecule has 0 aliphatic heterocycles. The van der Waals surface area contributed by atoms with Gasteiger partial charge in [0.25, 0.3) is 0 Å². The number of alkyl halides is 6. The highest BCUT2D eigenvalue weighted by Crippen LogP contribution is 2.36. The van der Waals surface area contributed by atoms with Gasteiger partial charge in [-0.25, -0.2) is 4.98 Å². The maximum absolute atomic E-state index is 13.5. The van der Waals surface area contributed by atoms with Gasteiger partial charge in [0.2, 0.25) is 0 Å². The summed E-state index contributed by atoms with van der Waals surface area (Å²) < 4.78 is 78.7. The molecule has 0 amide bonds. The minimum Gasteiger partial charge on any atom is -0.387 e. The monoisotopic (exact) mass is 448 g/mol. The molecule has 2 rings (SSSR count). The van der Waals surface area contributed by atoms with Gasteiger partial charge in [0.05, 0.1) is 17.4 Å². The molecular weight excluding hydrogens is 422 g/mol. The van der Waals surface area contributed by atoms with E-state index in [4.69, 9.17) is 0 Å². The number of benzene rings is 1. The van der Waals surface area contributed by atoms with Crippen molar-refractivity contribution in [2.75, 3.05) is 13.1 Å². The lowest BCUT2D eigenvalue weighted by atomic mass is 10.0. The highest BCUT2D eigenvalue weighted by atomic mass is 19.4. The van der Waals surface area contributed by atoms with Crippen molar-refractivity contribution >= 4 is 0 Å². The highest BCUT2D eigenvalue weighted by Gasteiger charge is 2.37. The summed E-state index contributed by atoms with van der Waals surface area (Å²) in [6.07, 6.45) is -5.57. The van der Waals surface area contributed by atoms with Crippen LogP contribution in [0.15, 0.2) is 36.4 Å². The third-order valence-electron chi connectivity index (χ3n) is 4.86. The van der Waals surface area contributed by atoms with E-state index in [0.717, 1.165) is 62.4 Å². The van der Waals surface area contributed by atoms with Crippen LogP contribution < -0.4 is 5.32 Å². The number of nitrogens with zero attached hydrogens (tertiary/aromatic N) is 1. The number of rotatable bonds is 10. The minimum atomic E-state index is -4.82. The predicted molar refractivity (Wildman–Crippen MR) is 106 cm³/mol. The van der Waals surface area contributed by atoms with Crippen LogP contribution in [0, 0.1) is 0 Å². The first kappa shape index (κ1) is 25.1. The number of pyridine rings is 1. The Bertz CT molecular complexity index is 818. The fourth-order valence-electron chi connectivity index (χ4n) is 3.16. The fourth-order valence-corrected chi connectivity index (χ4v) is 3.16. The van der Waals surface area contributed by atoms with E-state index in [1.807, 2.05) is 0 Å². The summed E-state index contributed by atoms with van der Waals surface area (Å²) in [6, 6.07) is 6.11. The van der Waals surface area contributed by atoms with Crippen LogP contribution in [0.1, 0.15) is 62.0 Å². The molecule has 1 heterocycles. The van der Waals surface area contributed by atoms with Gasteiger partial charge in [0.15, 0.2) is 5.69 Å². The predicted octanol–water partition coefficient (Wildman–Crippen LogP) is 6.38.